The Morgan fingerprint density at radius 2 is 0.955 bits per heavy atom. The first kappa shape index (κ1) is 49.0. The van der Waals surface area contributed by atoms with Crippen LogP contribution in [-0.4, -0.2) is 25.1 Å². The Balaban J connectivity index is 0.000000175. The van der Waals surface area contributed by atoms with Crippen molar-refractivity contribution in [3.05, 3.63) is 175 Å². The van der Waals surface area contributed by atoms with Gasteiger partial charge < -0.3 is 58.5 Å². The number of ether oxygens (including phenoxy) is 4. The van der Waals surface area contributed by atoms with Crippen LogP contribution in [-0.2, 0) is 0 Å². The second-order valence-electron chi connectivity index (χ2n) is 13.7. The van der Waals surface area contributed by atoms with Crippen molar-refractivity contribution < 1.29 is 24.1 Å². The molecule has 66 heavy (non-hydrogen) atoms. The summed E-state index contributed by atoms with van der Waals surface area (Å²) in [6.45, 7) is 0.885. The Morgan fingerprint density at radius 3 is 1.53 bits per heavy atom. The third-order valence-electron chi connectivity index (χ3n) is 8.84. The molecule has 0 radical (unpaired) electrons. The van der Waals surface area contributed by atoms with Crippen LogP contribution in [0.1, 0.15) is 11.1 Å². The molecule has 9 rings (SSSR count). The fourth-order valence-corrected chi connectivity index (χ4v) is 5.61. The van der Waals surface area contributed by atoms with Gasteiger partial charge in [0.25, 0.3) is 0 Å². The number of terminal acetylenes is 4. The van der Waals surface area contributed by atoms with Gasteiger partial charge in [0.05, 0.1) is 0 Å². The van der Waals surface area contributed by atoms with Crippen molar-refractivity contribution in [1.82, 2.24) is 0 Å². The summed E-state index contributed by atoms with van der Waals surface area (Å²) >= 11 is 0. The van der Waals surface area contributed by atoms with Crippen molar-refractivity contribution in [3.8, 4) is 78.1 Å². The Hall–Kier alpha value is -9.68. The summed E-state index contributed by atoms with van der Waals surface area (Å²) in [4.78, 5) is 0. The second kappa shape index (κ2) is 25.9. The number of nitrogen functional groups attached to an aromatic ring is 6. The van der Waals surface area contributed by atoms with E-state index in [1.165, 1.54) is 0 Å². The number of aromatic hydroxyl groups is 1. The third kappa shape index (κ3) is 16.3. The van der Waals surface area contributed by atoms with Crippen molar-refractivity contribution in [2.75, 3.05) is 54.4 Å². The maximum atomic E-state index is 9.18. The van der Waals surface area contributed by atoms with E-state index in [2.05, 4.69) is 23.7 Å². The van der Waals surface area contributed by atoms with Gasteiger partial charge in [-0.05, 0) is 138 Å². The molecule has 0 saturated carbocycles. The summed E-state index contributed by atoms with van der Waals surface area (Å²) < 4.78 is 20.6. The minimum atomic E-state index is 0.271. The first-order valence-electron chi connectivity index (χ1n) is 20.0. The molecule has 0 bridgehead atoms. The highest BCUT2D eigenvalue weighted by molar-refractivity contribution is 5.94. The van der Waals surface area contributed by atoms with E-state index in [9.17, 15) is 5.11 Å². The highest BCUT2D eigenvalue weighted by Crippen LogP contribution is 2.33. The number of benzene rings is 8. The van der Waals surface area contributed by atoms with Crippen LogP contribution >= 0.6 is 0 Å². The minimum absolute atomic E-state index is 0.271. The minimum Gasteiger partial charge on any atom is -0.508 e. The van der Waals surface area contributed by atoms with Gasteiger partial charge in [0, 0.05) is 62.1 Å². The molecule has 11 nitrogen and oxygen atoms in total. The lowest BCUT2D eigenvalue weighted by Gasteiger charge is -2.05. The van der Waals surface area contributed by atoms with Gasteiger partial charge in [0.1, 0.15) is 30.5 Å². The van der Waals surface area contributed by atoms with E-state index in [4.69, 9.17) is 79.0 Å². The predicted molar refractivity (Wildman–Crippen MR) is 272 cm³/mol. The molecule has 1 aliphatic heterocycles. The van der Waals surface area contributed by atoms with Gasteiger partial charge in [-0.15, -0.1) is 25.7 Å². The van der Waals surface area contributed by atoms with Crippen molar-refractivity contribution in [1.29, 1.82) is 0 Å². The quantitative estimate of drug-likeness (QED) is 0.0654. The van der Waals surface area contributed by atoms with E-state index in [0.717, 1.165) is 78.4 Å². The zero-order chi connectivity index (χ0) is 47.7. The monoisotopic (exact) mass is 874 g/mol. The normalized spacial score (nSPS) is 9.88. The molecule has 0 fully saturated rings. The maximum absolute atomic E-state index is 9.18. The molecule has 13 N–H and O–H groups in total. The van der Waals surface area contributed by atoms with Crippen LogP contribution in [0.5, 0.6) is 28.7 Å². The number of rotatable bonds is 4. The average Bonchev–Trinajstić information content (AvgIpc) is 3.80. The number of anilines is 6. The van der Waals surface area contributed by atoms with Gasteiger partial charge >= 0.3 is 0 Å². The molecule has 0 spiro atoms. The first-order chi connectivity index (χ1) is 31.9. The third-order valence-corrected chi connectivity index (χ3v) is 8.84. The molecule has 0 aliphatic carbocycles. The smallest absolute Gasteiger partial charge is 0.231 e. The van der Waals surface area contributed by atoms with E-state index >= 15 is 0 Å². The zero-order valence-electron chi connectivity index (χ0n) is 36.1. The number of phenols is 1. The van der Waals surface area contributed by atoms with Crippen LogP contribution in [0.3, 0.4) is 0 Å². The van der Waals surface area contributed by atoms with Crippen LogP contribution in [0.4, 0.5) is 34.1 Å². The van der Waals surface area contributed by atoms with Gasteiger partial charge in [-0.1, -0.05) is 54.0 Å². The largest absolute Gasteiger partial charge is 0.508 e. The maximum Gasteiger partial charge on any atom is 0.231 e. The number of nitrogens with two attached hydrogens (primary N) is 6. The first-order valence-corrected chi connectivity index (χ1v) is 20.0. The SMILES string of the molecule is C#CCOc1ccc(N)cc1.C#CCOc1ccc2c(N)cccc2c1.C#Cc1ccc(N)cc1.C#Cc1cccc(N)c1.Nc1ccc2c(c1)OCO2.Nc1cccc2cc(O)ccc12. The van der Waals surface area contributed by atoms with Crippen LogP contribution in [0, 0.1) is 49.4 Å². The molecule has 1 heterocycles. The van der Waals surface area contributed by atoms with E-state index in [1.54, 1.807) is 78.9 Å². The van der Waals surface area contributed by atoms with Crippen molar-refractivity contribution in [2.45, 2.75) is 0 Å². The fourth-order valence-electron chi connectivity index (χ4n) is 5.61. The van der Waals surface area contributed by atoms with Gasteiger partial charge in [-0.25, -0.2) is 0 Å². The Bertz CT molecular complexity index is 2980. The van der Waals surface area contributed by atoms with Crippen LogP contribution in [0.2, 0.25) is 0 Å². The number of hydrogen-bond acceptors (Lipinski definition) is 11. The predicted octanol–water partition coefficient (Wildman–Crippen LogP) is 9.34. The molecule has 0 atom stereocenters. The van der Waals surface area contributed by atoms with Gasteiger partial charge in [-0.3, -0.25) is 0 Å². The Kier molecular flexibility index (Phi) is 19.3. The molecular formula is C55H50N6O5. The van der Waals surface area contributed by atoms with Gasteiger partial charge in [-0.2, -0.15) is 0 Å². The molecular weight excluding hydrogens is 825 g/mol. The van der Waals surface area contributed by atoms with E-state index in [-0.39, 0.29) is 12.4 Å². The molecule has 0 amide bonds. The molecule has 330 valence electrons. The van der Waals surface area contributed by atoms with Gasteiger partial charge in [0.2, 0.25) is 6.79 Å². The summed E-state index contributed by atoms with van der Waals surface area (Å²) in [5, 5.41) is 13.2. The molecule has 0 unspecified atom stereocenters. The Morgan fingerprint density at radius 1 is 0.455 bits per heavy atom. The summed E-state index contributed by atoms with van der Waals surface area (Å²) in [6.07, 6.45) is 20.3. The molecule has 8 aromatic carbocycles. The van der Waals surface area contributed by atoms with Crippen LogP contribution in [0.25, 0.3) is 21.5 Å². The lowest BCUT2D eigenvalue weighted by molar-refractivity contribution is 0.174. The Labute approximate surface area is 385 Å². The van der Waals surface area contributed by atoms with Crippen molar-refractivity contribution in [3.63, 3.8) is 0 Å². The summed E-state index contributed by atoms with van der Waals surface area (Å²) in [5.74, 6) is 13.1. The highest BCUT2D eigenvalue weighted by Gasteiger charge is 2.11. The van der Waals surface area contributed by atoms with Gasteiger partial charge in [0.15, 0.2) is 11.5 Å². The molecule has 0 saturated heterocycles. The second-order valence-corrected chi connectivity index (χ2v) is 13.7. The summed E-state index contributed by atoms with van der Waals surface area (Å²) in [6, 6.07) is 49.2. The number of hydrogen-bond donors (Lipinski definition) is 7. The molecule has 0 aromatic heterocycles. The van der Waals surface area contributed by atoms with E-state index in [0.29, 0.717) is 24.8 Å². The van der Waals surface area contributed by atoms with E-state index in [1.807, 2.05) is 84.9 Å². The summed E-state index contributed by atoms with van der Waals surface area (Å²) in [7, 11) is 0. The lowest BCUT2D eigenvalue weighted by atomic mass is 10.1. The standard InChI is InChI=1S/C13H11NO.C10H9NO.C9H9NO.2C8H7N.C7H7NO2/c1-2-8-15-11-6-7-12-10(9-11)4-3-5-13(12)14;11-10-3-1-2-7-6-8(12)4-5-9(7)10;1-2-7-11-9-5-3-8(10)4-6-9;1-2-7-3-5-8(9)6-4-7;1-2-7-4-3-5-8(9)6-7;8-5-1-2-6-7(3-5)10-4-9-6/h1,3-7,9H,8,14H2;1-6,12H,11H2;1,3-6H,7,10H2;2*1,3-6H,9H2;1-3H,4,8H2. The zero-order valence-corrected chi connectivity index (χ0v) is 36.1. The highest BCUT2D eigenvalue weighted by atomic mass is 16.7. The van der Waals surface area contributed by atoms with Crippen LogP contribution < -0.4 is 53.3 Å². The lowest BCUT2D eigenvalue weighted by Crippen LogP contribution is -1.93. The number of phenolic OH excluding ortho intramolecular Hbond substituents is 1. The van der Waals surface area contributed by atoms with Crippen LogP contribution in [0.15, 0.2) is 164 Å². The number of fused-ring (bicyclic) bond motifs is 3. The fraction of sp³-hybridized carbons (Fsp3) is 0.0545. The molecule has 1 aliphatic rings. The van der Waals surface area contributed by atoms with E-state index < -0.39 is 0 Å². The molecule has 11 heteroatoms. The van der Waals surface area contributed by atoms with Crippen molar-refractivity contribution >= 4 is 55.7 Å². The topological polar surface area (TPSA) is 213 Å². The molecule has 8 aromatic rings. The van der Waals surface area contributed by atoms with Crippen molar-refractivity contribution in [2.24, 2.45) is 0 Å². The average molecular weight is 875 g/mol. The summed E-state index contributed by atoms with van der Waals surface area (Å²) in [5.41, 5.74) is 39.5.